The Morgan fingerprint density at radius 3 is 2.52 bits per heavy atom. The Kier molecular flexibility index (Phi) is 5.60. The number of likely N-dealkylation sites (tertiary alicyclic amines) is 1. The molecule has 33 heavy (non-hydrogen) atoms. The molecule has 0 bridgehead atoms. The molecule has 2 aromatic heterocycles. The summed E-state index contributed by atoms with van der Waals surface area (Å²) in [4.78, 5) is 26.2. The molecule has 174 valence electrons. The number of nitrogen functional groups attached to an aromatic ring is 1. The molecule has 0 aliphatic carbocycles. The van der Waals surface area contributed by atoms with E-state index in [-0.39, 0.29) is 28.0 Å². The summed E-state index contributed by atoms with van der Waals surface area (Å²) in [6.07, 6.45) is -3.71. The van der Waals surface area contributed by atoms with Crippen molar-refractivity contribution in [3.63, 3.8) is 0 Å². The summed E-state index contributed by atoms with van der Waals surface area (Å²) in [5, 5.41) is 0.656. The summed E-state index contributed by atoms with van der Waals surface area (Å²) in [5.74, 6) is -0.143. The molecule has 0 spiro atoms. The molecular weight excluding hydrogens is 459 g/mol. The Hall–Kier alpha value is -3.14. The van der Waals surface area contributed by atoms with E-state index in [1.807, 2.05) is 0 Å². The Labute approximate surface area is 192 Å². The molecule has 7 nitrogen and oxygen atoms in total. The van der Waals surface area contributed by atoms with Crippen LogP contribution in [0.15, 0.2) is 30.6 Å². The fourth-order valence-corrected chi connectivity index (χ4v) is 3.89. The van der Waals surface area contributed by atoms with E-state index in [4.69, 9.17) is 22.1 Å². The SMILES string of the molecule is CC(C)(C)OC(=O)N1CC(c2ncnc3cc(-c4nc(N)ccc4C(F)(F)F)c(Cl)cc23)C1. The number of hydrogen-bond acceptors (Lipinski definition) is 6. The van der Waals surface area contributed by atoms with Crippen molar-refractivity contribution >= 4 is 34.4 Å². The number of carbonyl (C=O) groups is 1. The maximum atomic E-state index is 13.5. The van der Waals surface area contributed by atoms with Crippen molar-refractivity contribution in [1.82, 2.24) is 19.9 Å². The predicted molar refractivity (Wildman–Crippen MR) is 118 cm³/mol. The Balaban J connectivity index is 1.69. The smallest absolute Gasteiger partial charge is 0.418 e. The number of nitrogens with two attached hydrogens (primary N) is 1. The number of carbonyl (C=O) groups excluding carboxylic acids is 1. The molecule has 2 N–H and O–H groups in total. The van der Waals surface area contributed by atoms with Crippen molar-refractivity contribution in [3.8, 4) is 11.3 Å². The minimum absolute atomic E-state index is 0.0606. The number of benzene rings is 1. The van der Waals surface area contributed by atoms with Gasteiger partial charge in [-0.3, -0.25) is 0 Å². The standard InChI is InChI=1S/C22H21ClF3N5O2/c1-21(2,3)33-20(32)31-8-11(9-31)18-13-6-15(23)12(7-16(13)28-10-29-18)19-14(22(24,25)26)4-5-17(27)30-19/h4-7,10-11H,8-9H2,1-3H3,(H2,27,30). The van der Waals surface area contributed by atoms with Crippen molar-refractivity contribution in [2.75, 3.05) is 18.8 Å². The highest BCUT2D eigenvalue weighted by atomic mass is 35.5. The van der Waals surface area contributed by atoms with Gasteiger partial charge in [0.05, 0.1) is 27.5 Å². The zero-order valence-corrected chi connectivity index (χ0v) is 18.8. The van der Waals surface area contributed by atoms with E-state index < -0.39 is 23.4 Å². The number of amides is 1. The topological polar surface area (TPSA) is 94.2 Å². The Morgan fingerprint density at radius 2 is 1.88 bits per heavy atom. The second-order valence-corrected chi connectivity index (χ2v) is 9.23. The highest BCUT2D eigenvalue weighted by Gasteiger charge is 2.37. The molecular formula is C22H21ClF3N5O2. The monoisotopic (exact) mass is 479 g/mol. The number of hydrogen-bond donors (Lipinski definition) is 1. The van der Waals surface area contributed by atoms with E-state index in [0.717, 1.165) is 12.1 Å². The third-order valence-electron chi connectivity index (χ3n) is 5.15. The van der Waals surface area contributed by atoms with Gasteiger partial charge in [0.1, 0.15) is 17.7 Å². The highest BCUT2D eigenvalue weighted by Crippen LogP contribution is 2.41. The lowest BCUT2D eigenvalue weighted by Crippen LogP contribution is -2.50. The minimum Gasteiger partial charge on any atom is -0.444 e. The van der Waals surface area contributed by atoms with Crippen LogP contribution in [0.25, 0.3) is 22.2 Å². The van der Waals surface area contributed by atoms with Crippen LogP contribution in [0.1, 0.15) is 37.9 Å². The fraction of sp³-hybridized carbons (Fsp3) is 0.364. The lowest BCUT2D eigenvalue weighted by Gasteiger charge is -2.39. The molecule has 1 amide bonds. The van der Waals surface area contributed by atoms with Crippen molar-refractivity contribution < 1.29 is 22.7 Å². The van der Waals surface area contributed by atoms with Gasteiger partial charge in [-0.1, -0.05) is 11.6 Å². The molecule has 1 aromatic carbocycles. The van der Waals surface area contributed by atoms with Crippen molar-refractivity contribution in [2.24, 2.45) is 0 Å². The highest BCUT2D eigenvalue weighted by molar-refractivity contribution is 6.34. The number of aromatic nitrogens is 3. The number of anilines is 1. The molecule has 11 heteroatoms. The lowest BCUT2D eigenvalue weighted by molar-refractivity contribution is -0.137. The molecule has 3 heterocycles. The van der Waals surface area contributed by atoms with Crippen LogP contribution < -0.4 is 5.73 Å². The number of ether oxygens (including phenoxy) is 1. The van der Waals surface area contributed by atoms with E-state index in [1.165, 1.54) is 18.5 Å². The molecule has 0 saturated carbocycles. The largest absolute Gasteiger partial charge is 0.444 e. The van der Waals surface area contributed by atoms with Crippen molar-refractivity contribution in [2.45, 2.75) is 38.5 Å². The average Bonchev–Trinajstić information content (AvgIpc) is 2.64. The summed E-state index contributed by atoms with van der Waals surface area (Å²) in [6, 6.07) is 4.95. The second-order valence-electron chi connectivity index (χ2n) is 8.82. The maximum Gasteiger partial charge on any atom is 0.418 e. The second kappa shape index (κ2) is 8.02. The van der Waals surface area contributed by atoms with Crippen LogP contribution in [0.4, 0.5) is 23.8 Å². The van der Waals surface area contributed by atoms with Gasteiger partial charge in [0.2, 0.25) is 0 Å². The van der Waals surface area contributed by atoms with Gasteiger partial charge in [0.15, 0.2) is 0 Å². The molecule has 4 rings (SSSR count). The zero-order valence-electron chi connectivity index (χ0n) is 18.1. The van der Waals surface area contributed by atoms with Gasteiger partial charge in [0, 0.05) is 30.0 Å². The summed E-state index contributed by atoms with van der Waals surface area (Å²) < 4.78 is 46.0. The molecule has 1 aliphatic rings. The molecule has 1 aliphatic heterocycles. The number of nitrogens with zero attached hydrogens (tertiary/aromatic N) is 4. The number of fused-ring (bicyclic) bond motifs is 1. The Bertz CT molecular complexity index is 1240. The molecule has 0 atom stereocenters. The number of pyridine rings is 1. The number of rotatable bonds is 2. The van der Waals surface area contributed by atoms with Crippen LogP contribution in [0.5, 0.6) is 0 Å². The zero-order chi connectivity index (χ0) is 24.1. The van der Waals surface area contributed by atoms with E-state index >= 15 is 0 Å². The van der Waals surface area contributed by atoms with Gasteiger partial charge in [-0.15, -0.1) is 0 Å². The maximum absolute atomic E-state index is 13.5. The van der Waals surface area contributed by atoms with Crippen LogP contribution in [0.3, 0.4) is 0 Å². The van der Waals surface area contributed by atoms with Crippen LogP contribution in [0.2, 0.25) is 5.02 Å². The lowest BCUT2D eigenvalue weighted by atomic mass is 9.92. The third kappa shape index (κ3) is 4.66. The van der Waals surface area contributed by atoms with Crippen molar-refractivity contribution in [1.29, 1.82) is 0 Å². The Morgan fingerprint density at radius 1 is 1.18 bits per heavy atom. The van der Waals surface area contributed by atoms with Crippen LogP contribution >= 0.6 is 11.6 Å². The van der Waals surface area contributed by atoms with E-state index in [9.17, 15) is 18.0 Å². The van der Waals surface area contributed by atoms with Crippen molar-refractivity contribution in [3.05, 3.63) is 46.9 Å². The predicted octanol–water partition coefficient (Wildman–Crippen LogP) is 5.28. The van der Waals surface area contributed by atoms with Gasteiger partial charge in [-0.05, 0) is 45.0 Å². The van der Waals surface area contributed by atoms with Crippen LogP contribution in [0, 0.1) is 0 Å². The van der Waals surface area contributed by atoms with Gasteiger partial charge in [-0.25, -0.2) is 19.7 Å². The number of halogens is 4. The fourth-order valence-electron chi connectivity index (χ4n) is 3.64. The van der Waals surface area contributed by atoms with Gasteiger partial charge >= 0.3 is 12.3 Å². The molecule has 3 aromatic rings. The molecule has 1 saturated heterocycles. The van der Waals surface area contributed by atoms with Gasteiger partial charge < -0.3 is 15.4 Å². The average molecular weight is 480 g/mol. The van der Waals surface area contributed by atoms with Crippen LogP contribution in [-0.2, 0) is 10.9 Å². The van der Waals surface area contributed by atoms with E-state index in [0.29, 0.717) is 29.7 Å². The van der Waals surface area contributed by atoms with E-state index in [2.05, 4.69) is 15.0 Å². The third-order valence-corrected chi connectivity index (χ3v) is 5.46. The van der Waals surface area contributed by atoms with Gasteiger partial charge in [-0.2, -0.15) is 13.2 Å². The van der Waals surface area contributed by atoms with Crippen LogP contribution in [-0.4, -0.2) is 44.6 Å². The normalized spacial score (nSPS) is 14.9. The first kappa shape index (κ1) is 23.0. The van der Waals surface area contributed by atoms with Gasteiger partial charge in [0.25, 0.3) is 0 Å². The first-order valence-electron chi connectivity index (χ1n) is 10.1. The summed E-state index contributed by atoms with van der Waals surface area (Å²) in [6.45, 7) is 6.17. The summed E-state index contributed by atoms with van der Waals surface area (Å²) in [5.41, 5.74) is 4.87. The first-order chi connectivity index (χ1) is 15.3. The minimum atomic E-state index is -4.64. The quantitative estimate of drug-likeness (QED) is 0.537. The summed E-state index contributed by atoms with van der Waals surface area (Å²) in [7, 11) is 0. The number of alkyl halides is 3. The molecule has 0 unspecified atom stereocenters. The molecule has 1 fully saturated rings. The summed E-state index contributed by atoms with van der Waals surface area (Å²) >= 11 is 6.41. The van der Waals surface area contributed by atoms with E-state index in [1.54, 1.807) is 25.7 Å². The first-order valence-corrected chi connectivity index (χ1v) is 10.5. The molecule has 0 radical (unpaired) electrons.